The molecule has 0 aliphatic heterocycles. The number of aromatic nitrogens is 2. The van der Waals surface area contributed by atoms with E-state index >= 15 is 0 Å². The van der Waals surface area contributed by atoms with E-state index < -0.39 is 0 Å². The fourth-order valence-electron chi connectivity index (χ4n) is 1.71. The maximum absolute atomic E-state index is 8.48. The zero-order valence-electron chi connectivity index (χ0n) is 11.0. The highest BCUT2D eigenvalue weighted by Gasteiger charge is 2.14. The molecule has 0 amide bonds. The Bertz CT molecular complexity index is 429. The fourth-order valence-corrected chi connectivity index (χ4v) is 1.91. The van der Waals surface area contributed by atoms with E-state index in [4.69, 9.17) is 22.5 Å². The Morgan fingerprint density at radius 1 is 1.61 bits per heavy atom. The van der Waals surface area contributed by atoms with Gasteiger partial charge in [0.2, 0.25) is 0 Å². The van der Waals surface area contributed by atoms with Crippen molar-refractivity contribution in [2.75, 3.05) is 13.6 Å². The van der Waals surface area contributed by atoms with Crippen molar-refractivity contribution in [1.29, 1.82) is 0 Å². The molecule has 0 spiro atoms. The first-order valence-corrected chi connectivity index (χ1v) is 6.24. The molecule has 7 heteroatoms. The molecule has 18 heavy (non-hydrogen) atoms. The van der Waals surface area contributed by atoms with Crippen molar-refractivity contribution in [3.05, 3.63) is 16.4 Å². The number of hydrogen-bond acceptors (Lipinski definition) is 4. The lowest BCUT2D eigenvalue weighted by molar-refractivity contribution is 0.306. The number of aryl methyl sites for hydroxylation is 2. The van der Waals surface area contributed by atoms with Crippen LogP contribution in [0, 0.1) is 6.92 Å². The minimum Gasteiger partial charge on any atom is -0.409 e. The van der Waals surface area contributed by atoms with Gasteiger partial charge in [-0.15, -0.1) is 0 Å². The van der Waals surface area contributed by atoms with Crippen LogP contribution in [0.15, 0.2) is 5.16 Å². The van der Waals surface area contributed by atoms with E-state index in [1.807, 2.05) is 25.6 Å². The first kappa shape index (κ1) is 14.8. The van der Waals surface area contributed by atoms with Crippen molar-refractivity contribution < 1.29 is 5.21 Å². The van der Waals surface area contributed by atoms with Gasteiger partial charge < -0.3 is 15.8 Å². The predicted octanol–water partition coefficient (Wildman–Crippen LogP) is 1.43. The molecule has 0 aromatic carbocycles. The van der Waals surface area contributed by atoms with E-state index in [0.29, 0.717) is 24.5 Å². The Hall–Kier alpha value is -1.27. The third-order valence-electron chi connectivity index (χ3n) is 2.75. The number of oxime groups is 1. The topological polar surface area (TPSA) is 79.7 Å². The van der Waals surface area contributed by atoms with Crippen LogP contribution in [0.2, 0.25) is 5.02 Å². The Morgan fingerprint density at radius 3 is 2.83 bits per heavy atom. The van der Waals surface area contributed by atoms with Gasteiger partial charge in [0.15, 0.2) is 0 Å². The summed E-state index contributed by atoms with van der Waals surface area (Å²) in [5.41, 5.74) is 7.28. The van der Waals surface area contributed by atoms with Crippen LogP contribution in [0.5, 0.6) is 0 Å². The molecule has 102 valence electrons. The van der Waals surface area contributed by atoms with Crippen molar-refractivity contribution in [1.82, 2.24) is 14.7 Å². The molecule has 0 radical (unpaired) electrons. The van der Waals surface area contributed by atoms with Crippen LogP contribution < -0.4 is 5.73 Å². The summed E-state index contributed by atoms with van der Waals surface area (Å²) in [5, 5.41) is 16.5. The zero-order chi connectivity index (χ0) is 13.7. The van der Waals surface area contributed by atoms with Crippen molar-refractivity contribution >= 4 is 17.4 Å². The summed E-state index contributed by atoms with van der Waals surface area (Å²) >= 11 is 6.23. The molecule has 6 nitrogen and oxygen atoms in total. The second kappa shape index (κ2) is 6.61. The van der Waals surface area contributed by atoms with Gasteiger partial charge in [0.25, 0.3) is 0 Å². The number of amidine groups is 1. The van der Waals surface area contributed by atoms with Crippen molar-refractivity contribution in [2.45, 2.75) is 33.4 Å². The standard InChI is InChI=1S/C11H20ClN5O/c1-4-17-9(11(12)8(2)14-17)7-16(3)6-5-10(13)15-18/h18H,4-7H2,1-3H3,(H2,13,15). The molecule has 0 unspecified atom stereocenters. The zero-order valence-corrected chi connectivity index (χ0v) is 11.8. The van der Waals surface area contributed by atoms with E-state index in [1.54, 1.807) is 0 Å². The van der Waals surface area contributed by atoms with Gasteiger partial charge in [-0.1, -0.05) is 16.8 Å². The summed E-state index contributed by atoms with van der Waals surface area (Å²) < 4.78 is 1.90. The fraction of sp³-hybridized carbons (Fsp3) is 0.636. The maximum atomic E-state index is 8.48. The molecule has 3 N–H and O–H groups in total. The van der Waals surface area contributed by atoms with Crippen LogP contribution >= 0.6 is 11.6 Å². The maximum Gasteiger partial charge on any atom is 0.140 e. The minimum atomic E-state index is 0.230. The largest absolute Gasteiger partial charge is 0.409 e. The molecule has 1 aromatic rings. The molecular weight excluding hydrogens is 254 g/mol. The molecule has 0 saturated heterocycles. The van der Waals surface area contributed by atoms with E-state index in [-0.39, 0.29) is 5.84 Å². The summed E-state index contributed by atoms with van der Waals surface area (Å²) in [6.07, 6.45) is 0.518. The SMILES string of the molecule is CCn1nc(C)c(Cl)c1CN(C)CC/C(N)=N/O. The third-order valence-corrected chi connectivity index (χ3v) is 3.24. The van der Waals surface area contributed by atoms with Crippen LogP contribution in [-0.2, 0) is 13.1 Å². The summed E-state index contributed by atoms with van der Waals surface area (Å²) in [4.78, 5) is 2.06. The van der Waals surface area contributed by atoms with E-state index in [9.17, 15) is 0 Å². The number of nitrogens with two attached hydrogens (primary N) is 1. The molecule has 1 rings (SSSR count). The van der Waals surface area contributed by atoms with Gasteiger partial charge in [-0.25, -0.2) is 0 Å². The van der Waals surface area contributed by atoms with E-state index in [1.165, 1.54) is 0 Å². The second-order valence-corrected chi connectivity index (χ2v) is 4.62. The van der Waals surface area contributed by atoms with E-state index in [2.05, 4.69) is 15.2 Å². The van der Waals surface area contributed by atoms with Gasteiger partial charge in [0.05, 0.1) is 16.4 Å². The molecule has 1 heterocycles. The first-order chi connectivity index (χ1) is 8.49. The lowest BCUT2D eigenvalue weighted by Crippen LogP contribution is -2.25. The highest BCUT2D eigenvalue weighted by Crippen LogP contribution is 2.21. The monoisotopic (exact) mass is 273 g/mol. The Balaban J connectivity index is 2.66. The number of rotatable bonds is 6. The lowest BCUT2D eigenvalue weighted by atomic mass is 10.3. The third kappa shape index (κ3) is 3.61. The average Bonchev–Trinajstić information content (AvgIpc) is 2.63. The van der Waals surface area contributed by atoms with Crippen molar-refractivity contribution in [2.24, 2.45) is 10.9 Å². The van der Waals surface area contributed by atoms with Crippen LogP contribution in [0.1, 0.15) is 24.7 Å². The van der Waals surface area contributed by atoms with Crippen molar-refractivity contribution in [3.8, 4) is 0 Å². The number of nitrogens with zero attached hydrogens (tertiary/aromatic N) is 4. The molecule has 0 fully saturated rings. The van der Waals surface area contributed by atoms with Gasteiger partial charge in [0, 0.05) is 26.1 Å². The van der Waals surface area contributed by atoms with Crippen LogP contribution in [0.4, 0.5) is 0 Å². The molecule has 1 aromatic heterocycles. The summed E-state index contributed by atoms with van der Waals surface area (Å²) in [6.45, 7) is 6.10. The molecule has 0 atom stereocenters. The molecular formula is C11H20ClN5O. The Kier molecular flexibility index (Phi) is 5.43. The second-order valence-electron chi connectivity index (χ2n) is 4.24. The van der Waals surface area contributed by atoms with Gasteiger partial charge >= 0.3 is 0 Å². The number of hydrogen-bond donors (Lipinski definition) is 2. The lowest BCUT2D eigenvalue weighted by Gasteiger charge is -2.17. The normalized spacial score (nSPS) is 12.4. The number of halogens is 1. The van der Waals surface area contributed by atoms with Crippen LogP contribution in [-0.4, -0.2) is 39.3 Å². The smallest absolute Gasteiger partial charge is 0.140 e. The van der Waals surface area contributed by atoms with Gasteiger partial charge in [0.1, 0.15) is 5.84 Å². The summed E-state index contributed by atoms with van der Waals surface area (Å²) in [6, 6.07) is 0. The van der Waals surface area contributed by atoms with Crippen molar-refractivity contribution in [3.63, 3.8) is 0 Å². The summed E-state index contributed by atoms with van der Waals surface area (Å²) in [7, 11) is 1.96. The molecule has 0 bridgehead atoms. The average molecular weight is 274 g/mol. The van der Waals surface area contributed by atoms with Gasteiger partial charge in [-0.3, -0.25) is 4.68 Å². The highest BCUT2D eigenvalue weighted by molar-refractivity contribution is 6.31. The van der Waals surface area contributed by atoms with Gasteiger partial charge in [-0.2, -0.15) is 5.10 Å². The van der Waals surface area contributed by atoms with Crippen LogP contribution in [0.25, 0.3) is 0 Å². The first-order valence-electron chi connectivity index (χ1n) is 5.86. The van der Waals surface area contributed by atoms with Crippen LogP contribution in [0.3, 0.4) is 0 Å². The quantitative estimate of drug-likeness (QED) is 0.356. The van der Waals surface area contributed by atoms with E-state index in [0.717, 1.165) is 17.9 Å². The Labute approximate surface area is 112 Å². The molecule has 0 aliphatic carbocycles. The van der Waals surface area contributed by atoms with Gasteiger partial charge in [-0.05, 0) is 20.9 Å². The highest BCUT2D eigenvalue weighted by atomic mass is 35.5. The minimum absolute atomic E-state index is 0.230. The predicted molar refractivity (Wildman–Crippen MR) is 72.0 cm³/mol. The molecule has 0 aliphatic rings. The summed E-state index contributed by atoms with van der Waals surface area (Å²) in [5.74, 6) is 0.230. The Morgan fingerprint density at radius 2 is 2.28 bits per heavy atom. The molecule has 0 saturated carbocycles.